The Morgan fingerprint density at radius 2 is 2.04 bits per heavy atom. The van der Waals surface area contributed by atoms with E-state index in [0.717, 1.165) is 10.9 Å². The fourth-order valence-electron chi connectivity index (χ4n) is 2.16. The maximum Gasteiger partial charge on any atom is 0.295 e. The molecule has 2 rings (SSSR count). The molecule has 1 heterocycles. The first-order valence-electron chi connectivity index (χ1n) is 7.51. The predicted octanol–water partition coefficient (Wildman–Crippen LogP) is 3.13. The number of sulfonamides is 1. The standard InChI is InChI=1S/C15H18N4O4S2/c1-3-18(4-2)25(22,23)13-7-8-14(15(10-13)19(20)21)17-16-11-12-6-5-9-24-12/h5-11,17H,3-4H2,1-2H3. The summed E-state index contributed by atoms with van der Waals surface area (Å²) in [5.41, 5.74) is 2.37. The van der Waals surface area contributed by atoms with Crippen LogP contribution in [0.4, 0.5) is 11.4 Å². The molecule has 0 saturated heterocycles. The Bertz CT molecular complexity index is 860. The van der Waals surface area contributed by atoms with Crippen molar-refractivity contribution in [1.82, 2.24) is 4.31 Å². The van der Waals surface area contributed by atoms with Gasteiger partial charge in [-0.25, -0.2) is 8.42 Å². The number of nitrogens with one attached hydrogen (secondary N) is 1. The van der Waals surface area contributed by atoms with Gasteiger partial charge in [-0.15, -0.1) is 11.3 Å². The number of nitro benzene ring substituents is 1. The number of rotatable bonds is 8. The van der Waals surface area contributed by atoms with Gasteiger partial charge in [0, 0.05) is 24.0 Å². The fourth-order valence-corrected chi connectivity index (χ4v) is 4.22. The molecule has 0 aliphatic rings. The van der Waals surface area contributed by atoms with Gasteiger partial charge in [0.05, 0.1) is 16.0 Å². The molecule has 2 aromatic rings. The van der Waals surface area contributed by atoms with Crippen LogP contribution in [0.3, 0.4) is 0 Å². The molecule has 1 aromatic heterocycles. The van der Waals surface area contributed by atoms with Crippen molar-refractivity contribution in [3.8, 4) is 0 Å². The highest BCUT2D eigenvalue weighted by molar-refractivity contribution is 7.89. The van der Waals surface area contributed by atoms with Crippen LogP contribution in [0.25, 0.3) is 0 Å². The van der Waals surface area contributed by atoms with Crippen LogP contribution < -0.4 is 5.43 Å². The van der Waals surface area contributed by atoms with Crippen molar-refractivity contribution in [2.75, 3.05) is 18.5 Å². The first-order chi connectivity index (χ1) is 11.9. The average molecular weight is 382 g/mol. The Morgan fingerprint density at radius 1 is 1.32 bits per heavy atom. The predicted molar refractivity (Wildman–Crippen MR) is 98.7 cm³/mol. The van der Waals surface area contributed by atoms with Gasteiger partial charge in [0.25, 0.3) is 5.69 Å². The summed E-state index contributed by atoms with van der Waals surface area (Å²) in [5.74, 6) is 0. The van der Waals surface area contributed by atoms with E-state index in [1.165, 1.54) is 34.0 Å². The summed E-state index contributed by atoms with van der Waals surface area (Å²) >= 11 is 1.47. The number of benzene rings is 1. The smallest absolute Gasteiger partial charge is 0.272 e. The number of thiophene rings is 1. The topological polar surface area (TPSA) is 105 Å². The van der Waals surface area contributed by atoms with E-state index < -0.39 is 14.9 Å². The zero-order valence-electron chi connectivity index (χ0n) is 13.7. The molecule has 0 radical (unpaired) electrons. The summed E-state index contributed by atoms with van der Waals surface area (Å²) in [6.45, 7) is 4.00. The summed E-state index contributed by atoms with van der Waals surface area (Å²) in [7, 11) is -3.77. The maximum absolute atomic E-state index is 12.5. The van der Waals surface area contributed by atoms with E-state index in [1.807, 2.05) is 17.5 Å². The first kappa shape index (κ1) is 19.0. The molecule has 1 N–H and O–H groups in total. The van der Waals surface area contributed by atoms with Crippen molar-refractivity contribution in [2.45, 2.75) is 18.7 Å². The molecule has 0 aliphatic heterocycles. The molecular formula is C15H18N4O4S2. The van der Waals surface area contributed by atoms with Gasteiger partial charge in [0.15, 0.2) is 0 Å². The van der Waals surface area contributed by atoms with Gasteiger partial charge in [-0.2, -0.15) is 9.41 Å². The van der Waals surface area contributed by atoms with Gasteiger partial charge in [0.2, 0.25) is 10.0 Å². The van der Waals surface area contributed by atoms with E-state index in [-0.39, 0.29) is 29.4 Å². The lowest BCUT2D eigenvalue weighted by atomic mass is 10.3. The van der Waals surface area contributed by atoms with Crippen LogP contribution in [0.2, 0.25) is 0 Å². The average Bonchev–Trinajstić information content (AvgIpc) is 3.09. The molecule has 25 heavy (non-hydrogen) atoms. The van der Waals surface area contributed by atoms with Crippen LogP contribution in [0, 0.1) is 10.1 Å². The molecule has 8 nitrogen and oxygen atoms in total. The lowest BCUT2D eigenvalue weighted by Gasteiger charge is -2.18. The van der Waals surface area contributed by atoms with Gasteiger partial charge in [0.1, 0.15) is 5.69 Å². The molecule has 0 aliphatic carbocycles. The minimum absolute atomic E-state index is 0.115. The van der Waals surface area contributed by atoms with Crippen molar-refractivity contribution in [1.29, 1.82) is 0 Å². The van der Waals surface area contributed by atoms with E-state index in [1.54, 1.807) is 13.8 Å². The molecule has 0 saturated carbocycles. The van der Waals surface area contributed by atoms with Gasteiger partial charge < -0.3 is 0 Å². The molecule has 1 aromatic carbocycles. The highest BCUT2D eigenvalue weighted by Gasteiger charge is 2.25. The summed E-state index contributed by atoms with van der Waals surface area (Å²) in [5, 5.41) is 17.2. The highest BCUT2D eigenvalue weighted by Crippen LogP contribution is 2.29. The van der Waals surface area contributed by atoms with Crippen LogP contribution in [0.15, 0.2) is 45.7 Å². The first-order valence-corrected chi connectivity index (χ1v) is 9.83. The van der Waals surface area contributed by atoms with Gasteiger partial charge in [-0.1, -0.05) is 19.9 Å². The van der Waals surface area contributed by atoms with Crippen LogP contribution in [-0.2, 0) is 10.0 Å². The van der Waals surface area contributed by atoms with Crippen LogP contribution >= 0.6 is 11.3 Å². The Balaban J connectivity index is 2.33. The van der Waals surface area contributed by atoms with E-state index in [9.17, 15) is 18.5 Å². The molecule has 0 atom stereocenters. The number of nitro groups is 1. The van der Waals surface area contributed by atoms with Crippen LogP contribution in [-0.4, -0.2) is 37.0 Å². The fraction of sp³-hybridized carbons (Fsp3) is 0.267. The van der Waals surface area contributed by atoms with Gasteiger partial charge >= 0.3 is 0 Å². The molecule has 10 heteroatoms. The maximum atomic E-state index is 12.5. The van der Waals surface area contributed by atoms with Crippen LogP contribution in [0.5, 0.6) is 0 Å². The summed E-state index contributed by atoms with van der Waals surface area (Å²) < 4.78 is 26.3. The van der Waals surface area contributed by atoms with Crippen LogP contribution in [0.1, 0.15) is 18.7 Å². The van der Waals surface area contributed by atoms with Crippen molar-refractivity contribution < 1.29 is 13.3 Å². The van der Waals surface area contributed by atoms with Crippen molar-refractivity contribution >= 4 is 38.9 Å². The third-order valence-electron chi connectivity index (χ3n) is 3.43. The molecule has 0 fully saturated rings. The number of hydrogen-bond acceptors (Lipinski definition) is 7. The largest absolute Gasteiger partial charge is 0.295 e. The van der Waals surface area contributed by atoms with Gasteiger partial charge in [-0.3, -0.25) is 15.5 Å². The lowest BCUT2D eigenvalue weighted by Crippen LogP contribution is -2.30. The quantitative estimate of drug-likeness (QED) is 0.429. The minimum Gasteiger partial charge on any atom is -0.272 e. The van der Waals surface area contributed by atoms with Crippen molar-refractivity contribution in [2.24, 2.45) is 5.10 Å². The molecule has 0 bridgehead atoms. The Hall–Kier alpha value is -2.30. The third kappa shape index (κ3) is 4.41. The Labute approximate surface area is 150 Å². The number of nitrogens with zero attached hydrogens (tertiary/aromatic N) is 3. The van der Waals surface area contributed by atoms with E-state index in [4.69, 9.17) is 0 Å². The molecule has 0 amide bonds. The van der Waals surface area contributed by atoms with E-state index >= 15 is 0 Å². The zero-order chi connectivity index (χ0) is 18.4. The highest BCUT2D eigenvalue weighted by atomic mass is 32.2. The second-order valence-corrected chi connectivity index (χ2v) is 7.83. The third-order valence-corrected chi connectivity index (χ3v) is 6.28. The normalized spacial score (nSPS) is 12.0. The van der Waals surface area contributed by atoms with E-state index in [0.29, 0.717) is 0 Å². The van der Waals surface area contributed by atoms with Crippen molar-refractivity contribution in [3.05, 3.63) is 50.7 Å². The summed E-state index contributed by atoms with van der Waals surface area (Å²) in [6, 6.07) is 7.45. The molecule has 134 valence electrons. The minimum atomic E-state index is -3.77. The second kappa shape index (κ2) is 8.19. The Morgan fingerprint density at radius 3 is 2.60 bits per heavy atom. The summed E-state index contributed by atoms with van der Waals surface area (Å²) in [4.78, 5) is 11.4. The van der Waals surface area contributed by atoms with E-state index in [2.05, 4.69) is 10.5 Å². The number of anilines is 1. The van der Waals surface area contributed by atoms with Gasteiger partial charge in [-0.05, 0) is 23.6 Å². The molecule has 0 spiro atoms. The monoisotopic (exact) mass is 382 g/mol. The SMILES string of the molecule is CCN(CC)S(=O)(=O)c1ccc(NN=Cc2cccs2)c([N+](=O)[O-])c1. The molecular weight excluding hydrogens is 364 g/mol. The second-order valence-electron chi connectivity index (χ2n) is 4.91. The number of hydrogen-bond donors (Lipinski definition) is 1. The molecule has 0 unspecified atom stereocenters. The van der Waals surface area contributed by atoms with Crippen molar-refractivity contribution in [3.63, 3.8) is 0 Å². The number of hydrazone groups is 1. The zero-order valence-corrected chi connectivity index (χ0v) is 15.4. The Kier molecular flexibility index (Phi) is 6.23. The lowest BCUT2D eigenvalue weighted by molar-refractivity contribution is -0.384. The summed E-state index contributed by atoms with van der Waals surface area (Å²) in [6.07, 6.45) is 1.54.